The van der Waals surface area contributed by atoms with Gasteiger partial charge in [0.25, 0.3) is 10.0 Å². The molecule has 0 aliphatic heterocycles. The van der Waals surface area contributed by atoms with Gasteiger partial charge in [0.15, 0.2) is 0 Å². The summed E-state index contributed by atoms with van der Waals surface area (Å²) in [6, 6.07) is 24.2. The van der Waals surface area contributed by atoms with Crippen LogP contribution in [0.15, 0.2) is 89.8 Å². The fourth-order valence-corrected chi connectivity index (χ4v) is 5.86. The van der Waals surface area contributed by atoms with Crippen LogP contribution in [0.2, 0.25) is 0 Å². The molecule has 3 aromatic rings. The minimum atomic E-state index is -4.05. The van der Waals surface area contributed by atoms with E-state index in [0.717, 1.165) is 28.3 Å². The number of hydrogen-bond acceptors (Lipinski definition) is 4. The molecule has 39 heavy (non-hydrogen) atoms. The number of carbonyl (C=O) groups excluding carboxylic acids is 2. The lowest BCUT2D eigenvalue weighted by Crippen LogP contribution is -2.53. The summed E-state index contributed by atoms with van der Waals surface area (Å²) in [4.78, 5) is 28.8. The van der Waals surface area contributed by atoms with Crippen molar-refractivity contribution >= 4 is 27.5 Å². The third-order valence-electron chi connectivity index (χ3n) is 6.60. The Hall–Kier alpha value is -3.65. The molecule has 0 bridgehead atoms. The fraction of sp³-hybridized carbons (Fsp3) is 0.355. The number of hydrogen-bond donors (Lipinski definition) is 1. The average molecular weight is 550 g/mol. The number of nitrogens with zero attached hydrogens (tertiary/aromatic N) is 2. The molecule has 208 valence electrons. The van der Waals surface area contributed by atoms with Crippen molar-refractivity contribution < 1.29 is 18.0 Å². The summed E-state index contributed by atoms with van der Waals surface area (Å²) < 4.78 is 28.8. The quantitative estimate of drug-likeness (QED) is 0.288. The Morgan fingerprint density at radius 1 is 0.897 bits per heavy atom. The average Bonchev–Trinajstić information content (AvgIpc) is 2.94. The number of sulfonamides is 1. The van der Waals surface area contributed by atoms with Crippen LogP contribution in [0.3, 0.4) is 0 Å². The Labute approximate surface area is 232 Å². The number of anilines is 1. The van der Waals surface area contributed by atoms with Crippen LogP contribution in [-0.4, -0.2) is 50.8 Å². The highest BCUT2D eigenvalue weighted by atomic mass is 32.2. The smallest absolute Gasteiger partial charge is 0.264 e. The van der Waals surface area contributed by atoms with Gasteiger partial charge in [0.05, 0.1) is 10.6 Å². The number of amides is 2. The van der Waals surface area contributed by atoms with Gasteiger partial charge in [0, 0.05) is 13.1 Å². The largest absolute Gasteiger partial charge is 0.354 e. The second-order valence-electron chi connectivity index (χ2n) is 9.56. The van der Waals surface area contributed by atoms with Crippen LogP contribution >= 0.6 is 0 Å². The zero-order chi connectivity index (χ0) is 28.3. The zero-order valence-electron chi connectivity index (χ0n) is 23.0. The van der Waals surface area contributed by atoms with E-state index in [1.807, 2.05) is 57.2 Å². The SMILES string of the molecule is CCCCNC(=O)[C@H](CC)N(CCc1ccccc1)C(=O)CN(c1cccc(C)c1)S(=O)(=O)c1ccccc1. The van der Waals surface area contributed by atoms with Crippen LogP contribution < -0.4 is 9.62 Å². The minimum Gasteiger partial charge on any atom is -0.354 e. The van der Waals surface area contributed by atoms with Crippen molar-refractivity contribution in [3.05, 3.63) is 96.1 Å². The van der Waals surface area contributed by atoms with Gasteiger partial charge in [-0.2, -0.15) is 0 Å². The number of rotatable bonds is 14. The molecule has 0 aliphatic rings. The highest BCUT2D eigenvalue weighted by molar-refractivity contribution is 7.92. The predicted octanol–water partition coefficient (Wildman–Crippen LogP) is 4.96. The second-order valence-corrected chi connectivity index (χ2v) is 11.4. The van der Waals surface area contributed by atoms with Crippen LogP contribution in [0.5, 0.6) is 0 Å². The molecule has 0 spiro atoms. The first-order valence-corrected chi connectivity index (χ1v) is 15.0. The molecule has 0 aromatic heterocycles. The number of aryl methyl sites for hydroxylation is 1. The molecule has 1 N–H and O–H groups in total. The molecule has 0 radical (unpaired) electrons. The van der Waals surface area contributed by atoms with E-state index in [4.69, 9.17) is 0 Å². The molecule has 7 nitrogen and oxygen atoms in total. The molecule has 3 aromatic carbocycles. The van der Waals surface area contributed by atoms with Crippen LogP contribution in [0.4, 0.5) is 5.69 Å². The molecule has 8 heteroatoms. The molecule has 0 aliphatic carbocycles. The van der Waals surface area contributed by atoms with Crippen molar-refractivity contribution in [3.8, 4) is 0 Å². The molecule has 0 unspecified atom stereocenters. The maximum Gasteiger partial charge on any atom is 0.264 e. The third-order valence-corrected chi connectivity index (χ3v) is 8.39. The van der Waals surface area contributed by atoms with E-state index in [2.05, 4.69) is 5.32 Å². The highest BCUT2D eigenvalue weighted by Gasteiger charge is 2.33. The molecule has 3 rings (SSSR count). The van der Waals surface area contributed by atoms with Gasteiger partial charge in [0.2, 0.25) is 11.8 Å². The summed E-state index contributed by atoms with van der Waals surface area (Å²) in [5.41, 5.74) is 2.30. The standard InChI is InChI=1S/C31H39N3O4S/c1-4-6-21-32-31(36)29(5-2)33(22-20-26-15-9-7-10-16-26)30(35)24-34(27-17-13-14-25(3)23-27)39(37,38)28-18-11-8-12-19-28/h7-19,23,29H,4-6,20-22,24H2,1-3H3,(H,32,36)/t29-/m0/s1. The van der Waals surface area contributed by atoms with Gasteiger partial charge in [-0.1, -0.05) is 80.9 Å². The maximum atomic E-state index is 14.0. The lowest BCUT2D eigenvalue weighted by atomic mass is 10.1. The van der Waals surface area contributed by atoms with Crippen LogP contribution in [0, 0.1) is 6.92 Å². The van der Waals surface area contributed by atoms with Crippen LogP contribution in [-0.2, 0) is 26.0 Å². The van der Waals surface area contributed by atoms with Gasteiger partial charge in [0.1, 0.15) is 12.6 Å². The van der Waals surface area contributed by atoms with Crippen LogP contribution in [0.1, 0.15) is 44.2 Å². The first kappa shape index (κ1) is 29.9. The summed E-state index contributed by atoms with van der Waals surface area (Å²) in [5, 5.41) is 2.95. The molecular weight excluding hydrogens is 510 g/mol. The Balaban J connectivity index is 1.97. The number of unbranched alkanes of at least 4 members (excludes halogenated alkanes) is 1. The van der Waals surface area contributed by atoms with Gasteiger partial charge in [-0.05, 0) is 61.6 Å². The molecule has 2 amide bonds. The first-order chi connectivity index (χ1) is 18.8. The Morgan fingerprint density at radius 2 is 1.56 bits per heavy atom. The molecule has 1 atom stereocenters. The number of benzene rings is 3. The monoisotopic (exact) mass is 549 g/mol. The summed E-state index contributed by atoms with van der Waals surface area (Å²) >= 11 is 0. The van der Waals surface area contributed by atoms with E-state index < -0.39 is 28.5 Å². The topological polar surface area (TPSA) is 86.8 Å². The van der Waals surface area contributed by atoms with Gasteiger partial charge >= 0.3 is 0 Å². The summed E-state index contributed by atoms with van der Waals surface area (Å²) in [7, 11) is -4.05. The van der Waals surface area contributed by atoms with Gasteiger partial charge in [-0.3, -0.25) is 13.9 Å². The maximum absolute atomic E-state index is 14.0. The van der Waals surface area contributed by atoms with E-state index in [0.29, 0.717) is 25.1 Å². The number of carbonyl (C=O) groups is 2. The molecular formula is C31H39N3O4S. The van der Waals surface area contributed by atoms with Crippen molar-refractivity contribution in [2.45, 2.75) is 57.4 Å². The minimum absolute atomic E-state index is 0.0968. The molecule has 0 saturated heterocycles. The van der Waals surface area contributed by atoms with Crippen molar-refractivity contribution in [2.24, 2.45) is 0 Å². The first-order valence-electron chi connectivity index (χ1n) is 13.5. The normalized spacial score (nSPS) is 12.0. The van der Waals surface area contributed by atoms with E-state index >= 15 is 0 Å². The second kappa shape index (κ2) is 14.5. The molecule has 0 heterocycles. The van der Waals surface area contributed by atoms with Crippen molar-refractivity contribution in [1.82, 2.24) is 10.2 Å². The molecule has 0 fully saturated rings. The van der Waals surface area contributed by atoms with Crippen LogP contribution in [0.25, 0.3) is 0 Å². The fourth-order valence-electron chi connectivity index (χ4n) is 4.43. The predicted molar refractivity (Wildman–Crippen MR) is 156 cm³/mol. The zero-order valence-corrected chi connectivity index (χ0v) is 23.9. The van der Waals surface area contributed by atoms with Gasteiger partial charge in [-0.25, -0.2) is 8.42 Å². The third kappa shape index (κ3) is 8.17. The summed E-state index contributed by atoms with van der Waals surface area (Å²) in [6.45, 7) is 6.19. The van der Waals surface area contributed by atoms with E-state index in [1.54, 1.807) is 36.4 Å². The summed E-state index contributed by atoms with van der Waals surface area (Å²) in [5.74, 6) is -0.648. The Bertz CT molecular complexity index is 1310. The van der Waals surface area contributed by atoms with E-state index in [1.165, 1.54) is 17.0 Å². The molecule has 0 saturated carbocycles. The Morgan fingerprint density at radius 3 is 2.18 bits per heavy atom. The highest BCUT2D eigenvalue weighted by Crippen LogP contribution is 2.25. The van der Waals surface area contributed by atoms with Gasteiger partial charge < -0.3 is 10.2 Å². The van der Waals surface area contributed by atoms with Gasteiger partial charge in [-0.15, -0.1) is 0 Å². The Kier molecular flexibility index (Phi) is 11.1. The lowest BCUT2D eigenvalue weighted by Gasteiger charge is -2.33. The lowest BCUT2D eigenvalue weighted by molar-refractivity contribution is -0.139. The van der Waals surface area contributed by atoms with E-state index in [-0.39, 0.29) is 17.3 Å². The van der Waals surface area contributed by atoms with E-state index in [9.17, 15) is 18.0 Å². The van der Waals surface area contributed by atoms with Crippen molar-refractivity contribution in [1.29, 1.82) is 0 Å². The van der Waals surface area contributed by atoms with Crippen molar-refractivity contribution in [2.75, 3.05) is 23.9 Å². The van der Waals surface area contributed by atoms with Crippen molar-refractivity contribution in [3.63, 3.8) is 0 Å². The number of nitrogens with one attached hydrogen (secondary N) is 1. The summed E-state index contributed by atoms with van der Waals surface area (Å²) in [6.07, 6.45) is 2.74.